The molecule has 0 spiro atoms. The summed E-state index contributed by atoms with van der Waals surface area (Å²) in [6, 6.07) is -0.0703. The highest BCUT2D eigenvalue weighted by atomic mass is 32.2. The zero-order valence-corrected chi connectivity index (χ0v) is 11.6. The third-order valence-corrected chi connectivity index (χ3v) is 5.95. The van der Waals surface area contributed by atoms with Crippen molar-refractivity contribution in [1.29, 1.82) is 0 Å². The lowest BCUT2D eigenvalue weighted by Gasteiger charge is -2.11. The number of sulfonamides is 1. The number of hydrogen-bond acceptors (Lipinski definition) is 5. The maximum Gasteiger partial charge on any atom is 0.251 e. The Labute approximate surface area is 105 Å². The fraction of sp³-hybridized carbons (Fsp3) is 0.700. The molecule has 1 unspecified atom stereocenters. The summed E-state index contributed by atoms with van der Waals surface area (Å²) in [5.74, 6) is 0.488. The minimum Gasteiger partial charge on any atom is -0.326 e. The molecule has 0 aliphatic heterocycles. The first-order chi connectivity index (χ1) is 7.90. The lowest BCUT2D eigenvalue weighted by atomic mass is 10.2. The quantitative estimate of drug-likeness (QED) is 0.831. The zero-order chi connectivity index (χ0) is 12.6. The molecule has 1 fully saturated rings. The Morgan fingerprint density at radius 2 is 2.18 bits per heavy atom. The number of aryl methyl sites for hydroxylation is 2. The molecule has 1 atom stereocenters. The van der Waals surface area contributed by atoms with Crippen molar-refractivity contribution in [2.24, 2.45) is 11.7 Å². The minimum atomic E-state index is -3.44. The molecule has 0 bridgehead atoms. The van der Waals surface area contributed by atoms with Crippen LogP contribution in [0, 0.1) is 19.8 Å². The van der Waals surface area contributed by atoms with E-state index in [0.717, 1.165) is 17.8 Å². The average molecular weight is 275 g/mol. The Kier molecular flexibility index (Phi) is 3.53. The highest BCUT2D eigenvalue weighted by molar-refractivity contribution is 7.91. The van der Waals surface area contributed by atoms with Crippen molar-refractivity contribution in [2.75, 3.05) is 6.54 Å². The lowest BCUT2D eigenvalue weighted by molar-refractivity contribution is 0.548. The highest BCUT2D eigenvalue weighted by Gasteiger charge is 2.30. The van der Waals surface area contributed by atoms with Gasteiger partial charge >= 0.3 is 0 Å². The molecule has 1 aromatic rings. The fourth-order valence-corrected chi connectivity index (χ4v) is 4.32. The molecule has 1 heterocycles. The van der Waals surface area contributed by atoms with E-state index in [0.29, 0.717) is 22.4 Å². The van der Waals surface area contributed by atoms with Crippen molar-refractivity contribution >= 4 is 21.4 Å². The summed E-state index contributed by atoms with van der Waals surface area (Å²) in [4.78, 5) is 4.12. The van der Waals surface area contributed by atoms with Crippen LogP contribution in [-0.4, -0.2) is 26.0 Å². The predicted molar refractivity (Wildman–Crippen MR) is 67.5 cm³/mol. The Morgan fingerprint density at radius 3 is 2.65 bits per heavy atom. The van der Waals surface area contributed by atoms with Crippen molar-refractivity contribution in [3.63, 3.8) is 0 Å². The maximum atomic E-state index is 12.0. The van der Waals surface area contributed by atoms with Crippen LogP contribution in [0.15, 0.2) is 4.21 Å². The second-order valence-corrected chi connectivity index (χ2v) is 7.62. The van der Waals surface area contributed by atoms with E-state index < -0.39 is 10.0 Å². The average Bonchev–Trinajstić information content (AvgIpc) is 3.01. The van der Waals surface area contributed by atoms with Gasteiger partial charge in [0.1, 0.15) is 0 Å². The van der Waals surface area contributed by atoms with Crippen LogP contribution in [0.2, 0.25) is 0 Å². The van der Waals surface area contributed by atoms with Crippen LogP contribution < -0.4 is 10.5 Å². The van der Waals surface area contributed by atoms with E-state index in [1.165, 1.54) is 11.3 Å². The SMILES string of the molecule is Cc1nc(C)c(S(=O)(=O)NCC(N)C2CC2)s1. The zero-order valence-electron chi connectivity index (χ0n) is 9.93. The van der Waals surface area contributed by atoms with Crippen LogP contribution in [0.4, 0.5) is 0 Å². The molecule has 7 heteroatoms. The van der Waals surface area contributed by atoms with Crippen molar-refractivity contribution in [3.05, 3.63) is 10.7 Å². The molecule has 0 saturated heterocycles. The molecule has 2 rings (SSSR count). The van der Waals surface area contributed by atoms with E-state index in [1.807, 2.05) is 0 Å². The van der Waals surface area contributed by atoms with E-state index >= 15 is 0 Å². The van der Waals surface area contributed by atoms with Gasteiger partial charge in [0.25, 0.3) is 10.0 Å². The molecule has 3 N–H and O–H groups in total. The Hall–Kier alpha value is -0.500. The third kappa shape index (κ3) is 3.04. The summed E-state index contributed by atoms with van der Waals surface area (Å²) in [7, 11) is -3.44. The van der Waals surface area contributed by atoms with Gasteiger partial charge in [-0.2, -0.15) is 0 Å². The molecule has 5 nitrogen and oxygen atoms in total. The van der Waals surface area contributed by atoms with Crippen molar-refractivity contribution in [1.82, 2.24) is 9.71 Å². The molecule has 0 radical (unpaired) electrons. The van der Waals surface area contributed by atoms with E-state index in [1.54, 1.807) is 13.8 Å². The largest absolute Gasteiger partial charge is 0.326 e. The normalized spacial score (nSPS) is 18.3. The van der Waals surface area contributed by atoms with Gasteiger partial charge in [0.05, 0.1) is 10.7 Å². The first-order valence-electron chi connectivity index (χ1n) is 5.59. The van der Waals surface area contributed by atoms with Crippen LogP contribution in [0.25, 0.3) is 0 Å². The molecule has 1 aromatic heterocycles. The smallest absolute Gasteiger partial charge is 0.251 e. The minimum absolute atomic E-state index is 0.0703. The fourth-order valence-electron chi connectivity index (χ4n) is 1.72. The van der Waals surface area contributed by atoms with Crippen LogP contribution in [-0.2, 0) is 10.0 Å². The summed E-state index contributed by atoms with van der Waals surface area (Å²) in [6.07, 6.45) is 2.23. The van der Waals surface area contributed by atoms with Gasteiger partial charge in [0.15, 0.2) is 4.21 Å². The van der Waals surface area contributed by atoms with Gasteiger partial charge in [-0.1, -0.05) is 0 Å². The van der Waals surface area contributed by atoms with Crippen molar-refractivity contribution in [3.8, 4) is 0 Å². The van der Waals surface area contributed by atoms with Gasteiger partial charge in [-0.3, -0.25) is 0 Å². The van der Waals surface area contributed by atoms with E-state index in [4.69, 9.17) is 5.73 Å². The Bertz CT molecular complexity index is 506. The Balaban J connectivity index is 2.05. The summed E-state index contributed by atoms with van der Waals surface area (Å²) in [5, 5.41) is 0.759. The molecule has 96 valence electrons. The van der Waals surface area contributed by atoms with Crippen molar-refractivity contribution in [2.45, 2.75) is 36.9 Å². The van der Waals surface area contributed by atoms with Crippen LogP contribution in [0.1, 0.15) is 23.5 Å². The number of nitrogens with zero attached hydrogens (tertiary/aromatic N) is 1. The lowest BCUT2D eigenvalue weighted by Crippen LogP contribution is -2.38. The van der Waals surface area contributed by atoms with Gasteiger partial charge in [-0.25, -0.2) is 18.1 Å². The van der Waals surface area contributed by atoms with Gasteiger partial charge in [0, 0.05) is 12.6 Å². The summed E-state index contributed by atoms with van der Waals surface area (Å²) < 4.78 is 26.9. The summed E-state index contributed by atoms with van der Waals surface area (Å²) in [5.41, 5.74) is 6.42. The highest BCUT2D eigenvalue weighted by Crippen LogP contribution is 2.31. The van der Waals surface area contributed by atoms with E-state index in [9.17, 15) is 8.42 Å². The van der Waals surface area contributed by atoms with Gasteiger partial charge < -0.3 is 5.73 Å². The second-order valence-electron chi connectivity index (χ2n) is 4.46. The molecule has 1 aliphatic carbocycles. The number of thiazole rings is 1. The van der Waals surface area contributed by atoms with Gasteiger partial charge in [-0.05, 0) is 32.6 Å². The van der Waals surface area contributed by atoms with E-state index in [2.05, 4.69) is 9.71 Å². The van der Waals surface area contributed by atoms with Crippen LogP contribution >= 0.6 is 11.3 Å². The summed E-state index contributed by atoms with van der Waals surface area (Å²) in [6.45, 7) is 3.81. The predicted octanol–water partition coefficient (Wildman–Crippen LogP) is 0.776. The number of rotatable bonds is 5. The topological polar surface area (TPSA) is 85.1 Å². The van der Waals surface area contributed by atoms with Crippen LogP contribution in [0.5, 0.6) is 0 Å². The monoisotopic (exact) mass is 275 g/mol. The van der Waals surface area contributed by atoms with Crippen molar-refractivity contribution < 1.29 is 8.42 Å². The molecule has 1 aliphatic rings. The maximum absolute atomic E-state index is 12.0. The molecular formula is C10H17N3O2S2. The standard InChI is InChI=1S/C10H17N3O2S2/c1-6-10(16-7(2)13-6)17(14,15)12-5-9(11)8-3-4-8/h8-9,12H,3-5,11H2,1-2H3. The number of nitrogens with one attached hydrogen (secondary N) is 1. The molecule has 0 amide bonds. The molecule has 0 aromatic carbocycles. The van der Waals surface area contributed by atoms with Gasteiger partial charge in [0.2, 0.25) is 0 Å². The molecule has 17 heavy (non-hydrogen) atoms. The number of hydrogen-bond donors (Lipinski definition) is 2. The first kappa shape index (κ1) is 12.9. The first-order valence-corrected chi connectivity index (χ1v) is 7.89. The third-order valence-electron chi connectivity index (χ3n) is 2.84. The molecule has 1 saturated carbocycles. The Morgan fingerprint density at radius 1 is 1.53 bits per heavy atom. The number of nitrogens with two attached hydrogens (primary N) is 1. The summed E-state index contributed by atoms with van der Waals surface area (Å²) >= 11 is 1.19. The van der Waals surface area contributed by atoms with Gasteiger partial charge in [-0.15, -0.1) is 11.3 Å². The van der Waals surface area contributed by atoms with E-state index in [-0.39, 0.29) is 6.04 Å². The molecular weight excluding hydrogens is 258 g/mol. The van der Waals surface area contributed by atoms with Crippen LogP contribution in [0.3, 0.4) is 0 Å². The number of aromatic nitrogens is 1. The second kappa shape index (κ2) is 4.64.